The summed E-state index contributed by atoms with van der Waals surface area (Å²) in [6, 6.07) is 6.77. The number of ether oxygens (including phenoxy) is 1. The molecule has 0 amide bonds. The minimum atomic E-state index is 0.370. The molecular formula is C20H28N6O2. The summed E-state index contributed by atoms with van der Waals surface area (Å²) in [4.78, 5) is 16.5. The molecule has 8 heteroatoms. The van der Waals surface area contributed by atoms with Gasteiger partial charge >= 0.3 is 0 Å². The van der Waals surface area contributed by atoms with Gasteiger partial charge in [-0.1, -0.05) is 11.2 Å². The molecule has 3 aliphatic rings. The Bertz CT molecular complexity index is 749. The van der Waals surface area contributed by atoms with Gasteiger partial charge in [-0.2, -0.15) is 4.98 Å². The summed E-state index contributed by atoms with van der Waals surface area (Å²) in [5.41, 5.74) is 0. The number of likely N-dealkylation sites (tertiary alicyclic amines) is 1. The van der Waals surface area contributed by atoms with Crippen molar-refractivity contribution in [3.8, 4) is 0 Å². The number of aromatic nitrogens is 3. The van der Waals surface area contributed by atoms with Gasteiger partial charge in [0.15, 0.2) is 5.82 Å². The number of pyridine rings is 1. The maximum Gasteiger partial charge on any atom is 0.229 e. The summed E-state index contributed by atoms with van der Waals surface area (Å²) in [5, 5.41) is 4.20. The lowest BCUT2D eigenvalue weighted by Gasteiger charge is -2.48. The van der Waals surface area contributed by atoms with Gasteiger partial charge in [-0.25, -0.2) is 4.98 Å². The largest absolute Gasteiger partial charge is 0.381 e. The minimum Gasteiger partial charge on any atom is -0.381 e. The van der Waals surface area contributed by atoms with Gasteiger partial charge in [0.1, 0.15) is 5.82 Å². The van der Waals surface area contributed by atoms with Gasteiger partial charge in [0.05, 0.1) is 6.54 Å². The second-order valence-corrected chi connectivity index (χ2v) is 7.99. The van der Waals surface area contributed by atoms with Crippen molar-refractivity contribution >= 4 is 5.82 Å². The van der Waals surface area contributed by atoms with E-state index in [0.29, 0.717) is 12.0 Å². The van der Waals surface area contributed by atoms with E-state index in [-0.39, 0.29) is 0 Å². The van der Waals surface area contributed by atoms with Gasteiger partial charge in [0.25, 0.3) is 0 Å². The zero-order valence-electron chi connectivity index (χ0n) is 16.2. The van der Waals surface area contributed by atoms with Crippen LogP contribution < -0.4 is 4.90 Å². The molecule has 5 heterocycles. The van der Waals surface area contributed by atoms with Crippen molar-refractivity contribution in [3.05, 3.63) is 36.1 Å². The summed E-state index contributed by atoms with van der Waals surface area (Å²) in [7, 11) is 0. The molecule has 2 aromatic rings. The van der Waals surface area contributed by atoms with Crippen molar-refractivity contribution in [3.63, 3.8) is 0 Å². The third kappa shape index (κ3) is 3.90. The second-order valence-electron chi connectivity index (χ2n) is 7.99. The van der Waals surface area contributed by atoms with Crippen LogP contribution in [-0.4, -0.2) is 83.4 Å². The van der Waals surface area contributed by atoms with E-state index in [4.69, 9.17) is 9.26 Å². The SMILES string of the molecule is c1ccc(N2CCN(C3CN(Cc4noc(C5CCOCC5)n4)C3)CC2)nc1. The van der Waals surface area contributed by atoms with Gasteiger partial charge < -0.3 is 14.2 Å². The van der Waals surface area contributed by atoms with Crippen LogP contribution in [0.25, 0.3) is 0 Å². The van der Waals surface area contributed by atoms with E-state index >= 15 is 0 Å². The first-order valence-electron chi connectivity index (χ1n) is 10.4. The van der Waals surface area contributed by atoms with Crippen molar-refractivity contribution in [2.24, 2.45) is 0 Å². The number of piperazine rings is 1. The first kappa shape index (κ1) is 18.0. The number of rotatable bonds is 5. The molecule has 2 aromatic heterocycles. The van der Waals surface area contributed by atoms with Crippen LogP contribution in [0, 0.1) is 0 Å². The molecule has 0 bridgehead atoms. The number of hydrogen-bond donors (Lipinski definition) is 0. The highest BCUT2D eigenvalue weighted by Crippen LogP contribution is 2.26. The Balaban J connectivity index is 1.07. The molecule has 0 aromatic carbocycles. The summed E-state index contributed by atoms with van der Waals surface area (Å²) in [6.45, 7) is 8.86. The molecule has 28 heavy (non-hydrogen) atoms. The van der Waals surface area contributed by atoms with Crippen LogP contribution in [0.1, 0.15) is 30.5 Å². The van der Waals surface area contributed by atoms with E-state index in [0.717, 1.165) is 89.4 Å². The Morgan fingerprint density at radius 3 is 2.61 bits per heavy atom. The van der Waals surface area contributed by atoms with Gasteiger partial charge in [-0.3, -0.25) is 9.80 Å². The van der Waals surface area contributed by atoms with Crippen molar-refractivity contribution < 1.29 is 9.26 Å². The Hall–Kier alpha value is -2.03. The Labute approximate surface area is 165 Å². The molecule has 150 valence electrons. The van der Waals surface area contributed by atoms with Crippen LogP contribution in [0.4, 0.5) is 5.82 Å². The fraction of sp³-hybridized carbons (Fsp3) is 0.650. The third-order valence-electron chi connectivity index (χ3n) is 6.16. The molecule has 0 saturated carbocycles. The molecule has 0 aliphatic carbocycles. The number of anilines is 1. The molecule has 0 unspecified atom stereocenters. The zero-order chi connectivity index (χ0) is 18.8. The summed E-state index contributed by atoms with van der Waals surface area (Å²) in [5.74, 6) is 3.07. The van der Waals surface area contributed by atoms with Gasteiger partial charge in [-0.05, 0) is 25.0 Å². The van der Waals surface area contributed by atoms with E-state index in [1.807, 2.05) is 12.3 Å². The van der Waals surface area contributed by atoms with Crippen LogP contribution in [0.2, 0.25) is 0 Å². The van der Waals surface area contributed by atoms with Gasteiger partial charge in [-0.15, -0.1) is 0 Å². The highest BCUT2D eigenvalue weighted by atomic mass is 16.5. The average Bonchev–Trinajstić information content (AvgIpc) is 3.21. The molecule has 0 radical (unpaired) electrons. The quantitative estimate of drug-likeness (QED) is 0.765. The minimum absolute atomic E-state index is 0.370. The molecule has 8 nitrogen and oxygen atoms in total. The fourth-order valence-electron chi connectivity index (χ4n) is 4.40. The van der Waals surface area contributed by atoms with Gasteiger partial charge in [0, 0.05) is 70.6 Å². The predicted molar refractivity (Wildman–Crippen MR) is 104 cm³/mol. The molecule has 3 saturated heterocycles. The highest BCUT2D eigenvalue weighted by molar-refractivity contribution is 5.38. The lowest BCUT2D eigenvalue weighted by atomic mass is 10.0. The lowest BCUT2D eigenvalue weighted by Crippen LogP contribution is -2.62. The van der Waals surface area contributed by atoms with E-state index in [2.05, 4.69) is 42.0 Å². The van der Waals surface area contributed by atoms with Crippen LogP contribution >= 0.6 is 0 Å². The molecule has 3 aliphatic heterocycles. The van der Waals surface area contributed by atoms with E-state index in [9.17, 15) is 0 Å². The first-order valence-corrected chi connectivity index (χ1v) is 10.4. The Morgan fingerprint density at radius 2 is 1.86 bits per heavy atom. The summed E-state index contributed by atoms with van der Waals surface area (Å²) >= 11 is 0. The molecule has 0 N–H and O–H groups in total. The summed E-state index contributed by atoms with van der Waals surface area (Å²) < 4.78 is 10.9. The molecule has 0 atom stereocenters. The fourth-order valence-corrected chi connectivity index (χ4v) is 4.40. The monoisotopic (exact) mass is 384 g/mol. The third-order valence-corrected chi connectivity index (χ3v) is 6.16. The van der Waals surface area contributed by atoms with Crippen molar-refractivity contribution in [2.45, 2.75) is 31.3 Å². The van der Waals surface area contributed by atoms with Crippen LogP contribution in [0.15, 0.2) is 28.9 Å². The van der Waals surface area contributed by atoms with Crippen LogP contribution in [0.3, 0.4) is 0 Å². The summed E-state index contributed by atoms with van der Waals surface area (Å²) in [6.07, 6.45) is 3.84. The maximum atomic E-state index is 5.51. The van der Waals surface area contributed by atoms with E-state index < -0.39 is 0 Å². The molecule has 5 rings (SSSR count). The second kappa shape index (κ2) is 8.14. The normalized spacial score (nSPS) is 23.1. The average molecular weight is 384 g/mol. The van der Waals surface area contributed by atoms with Crippen molar-refractivity contribution in [1.29, 1.82) is 0 Å². The van der Waals surface area contributed by atoms with Crippen molar-refractivity contribution in [2.75, 3.05) is 57.4 Å². The zero-order valence-corrected chi connectivity index (χ0v) is 16.2. The molecular weight excluding hydrogens is 356 g/mol. The van der Waals surface area contributed by atoms with E-state index in [1.165, 1.54) is 0 Å². The Kier molecular flexibility index (Phi) is 5.24. The topological polar surface area (TPSA) is 70.8 Å². The number of nitrogens with zero attached hydrogens (tertiary/aromatic N) is 6. The lowest BCUT2D eigenvalue weighted by molar-refractivity contribution is 0.0236. The van der Waals surface area contributed by atoms with Crippen LogP contribution in [0.5, 0.6) is 0 Å². The van der Waals surface area contributed by atoms with Crippen LogP contribution in [-0.2, 0) is 11.3 Å². The highest BCUT2D eigenvalue weighted by Gasteiger charge is 2.34. The number of hydrogen-bond acceptors (Lipinski definition) is 8. The Morgan fingerprint density at radius 1 is 1.04 bits per heavy atom. The standard InChI is InChI=1S/C20H28N6O2/c1-2-6-21-19(3-1)26-9-7-25(8-10-26)17-13-24(14-17)15-18-22-20(28-23-18)16-4-11-27-12-5-16/h1-3,6,16-17H,4-5,7-15H2. The molecule has 0 spiro atoms. The van der Waals surface area contributed by atoms with E-state index in [1.54, 1.807) is 0 Å². The predicted octanol–water partition coefficient (Wildman–Crippen LogP) is 1.37. The van der Waals surface area contributed by atoms with Crippen molar-refractivity contribution in [1.82, 2.24) is 24.9 Å². The maximum absolute atomic E-state index is 5.51. The van der Waals surface area contributed by atoms with Gasteiger partial charge in [0.2, 0.25) is 5.89 Å². The first-order chi connectivity index (χ1) is 13.8. The smallest absolute Gasteiger partial charge is 0.229 e. The molecule has 3 fully saturated rings.